The van der Waals surface area contributed by atoms with E-state index in [-0.39, 0.29) is 62.1 Å². The summed E-state index contributed by atoms with van der Waals surface area (Å²) in [4.78, 5) is 80.8. The van der Waals surface area contributed by atoms with Gasteiger partial charge in [0.1, 0.15) is 18.1 Å². The van der Waals surface area contributed by atoms with E-state index in [1.165, 1.54) is 5.56 Å². The molecular weight excluding hydrogens is 877 g/mol. The molecule has 4 fully saturated rings. The number of nitrogens with one attached hydrogen (secondary N) is 6. The van der Waals surface area contributed by atoms with Crippen LogP contribution in [-0.2, 0) is 39.7 Å². The van der Waals surface area contributed by atoms with Gasteiger partial charge in [-0.05, 0) is 143 Å². The van der Waals surface area contributed by atoms with Gasteiger partial charge >= 0.3 is 7.12 Å². The summed E-state index contributed by atoms with van der Waals surface area (Å²) in [5, 5.41) is 16.4. The summed E-state index contributed by atoms with van der Waals surface area (Å²) in [6.45, 7) is 15.1. The number of unbranched alkanes of at least 4 members (excludes halogenated alkanes) is 2. The van der Waals surface area contributed by atoms with Gasteiger partial charge < -0.3 is 58.4 Å². The maximum Gasteiger partial charge on any atom is 0.481 e. The van der Waals surface area contributed by atoms with Gasteiger partial charge in [0.05, 0.1) is 17.6 Å². The first-order valence-electron chi connectivity index (χ1n) is 25.3. The van der Waals surface area contributed by atoms with Gasteiger partial charge in [-0.1, -0.05) is 77.4 Å². The van der Waals surface area contributed by atoms with Crippen LogP contribution in [0.4, 0.5) is 0 Å². The Bertz CT molecular complexity index is 2060. The van der Waals surface area contributed by atoms with E-state index in [2.05, 4.69) is 83.9 Å². The average Bonchev–Trinajstić information content (AvgIpc) is 3.69. The second kappa shape index (κ2) is 25.3. The molecule has 3 saturated carbocycles. The summed E-state index contributed by atoms with van der Waals surface area (Å²) in [5.74, 6) is -3.00. The third kappa shape index (κ3) is 14.6. The van der Waals surface area contributed by atoms with Gasteiger partial charge in [0.2, 0.25) is 23.6 Å². The zero-order valence-corrected chi connectivity index (χ0v) is 42.0. The van der Waals surface area contributed by atoms with Crippen molar-refractivity contribution in [2.24, 2.45) is 40.4 Å². The third-order valence-corrected chi connectivity index (χ3v) is 14.5. The highest BCUT2D eigenvalue weighted by molar-refractivity contribution is 6.47. The fourth-order valence-electron chi connectivity index (χ4n) is 10.1. The predicted molar refractivity (Wildman–Crippen MR) is 268 cm³/mol. The lowest BCUT2D eigenvalue weighted by molar-refractivity contribution is -0.199. The van der Waals surface area contributed by atoms with Crippen molar-refractivity contribution < 1.29 is 38.1 Å². The van der Waals surface area contributed by atoms with Crippen molar-refractivity contribution in [1.29, 1.82) is 0 Å². The van der Waals surface area contributed by atoms with Crippen LogP contribution in [0.2, 0.25) is 0 Å². The Labute approximate surface area is 409 Å². The fraction of sp³-hybridized carbons (Fsp3) is 0.647. The van der Waals surface area contributed by atoms with Gasteiger partial charge in [-0.3, -0.25) is 28.8 Å². The minimum absolute atomic E-state index is 0.0115. The number of rotatable bonds is 27. The van der Waals surface area contributed by atoms with Crippen LogP contribution in [0.3, 0.4) is 0 Å². The van der Waals surface area contributed by atoms with Crippen molar-refractivity contribution in [3.8, 4) is 11.1 Å². The van der Waals surface area contributed by atoms with Crippen molar-refractivity contribution >= 4 is 42.6 Å². The molecular formula is C51H80BN9O8. The largest absolute Gasteiger partial charge is 0.481 e. The Morgan fingerprint density at radius 2 is 1.32 bits per heavy atom. The normalized spacial score (nSPS) is 22.2. The number of benzene rings is 2. The molecule has 69 heavy (non-hydrogen) atoms. The van der Waals surface area contributed by atoms with Crippen molar-refractivity contribution in [2.45, 2.75) is 167 Å². The van der Waals surface area contributed by atoms with Crippen LogP contribution in [0.1, 0.15) is 135 Å². The monoisotopic (exact) mass is 958 g/mol. The van der Waals surface area contributed by atoms with Gasteiger partial charge in [0.25, 0.3) is 11.8 Å². The first kappa shape index (κ1) is 55.1. The standard InChI is InChI=1S/C51H80BN9O8/c1-8-9-13-33-16-18-34(19-17-33)35-20-22-36(23-21-35)45(63)56-27-24-43(62)58-38(14-10-11-25-53)46(64)59-39(15-12-26-54)47(65)61-44(55)49(67)60-40(28-31(2)3)48(66)57-32(4)52-68-42-30-37-29-41(50(37,5)6)51(42,7)69-52/h16-23,31-32,37-42,44H,8-15,24-30,53-55H2,1-7H3,(H,56,63)(H,57,66)(H,58,62)(H,59,64)(H,60,67)(H,61,65)/t32-,37-,38-,39-,40-,41-,42?,44+,51-/m0/s1. The molecule has 17 nitrogen and oxygen atoms in total. The molecule has 6 rings (SSSR count). The van der Waals surface area contributed by atoms with E-state index in [0.29, 0.717) is 43.2 Å². The minimum atomic E-state index is -1.57. The van der Waals surface area contributed by atoms with Crippen molar-refractivity contribution in [3.63, 3.8) is 0 Å². The molecule has 1 saturated heterocycles. The Morgan fingerprint density at radius 1 is 0.725 bits per heavy atom. The molecule has 12 N–H and O–H groups in total. The summed E-state index contributed by atoms with van der Waals surface area (Å²) < 4.78 is 12.9. The highest BCUT2D eigenvalue weighted by atomic mass is 16.7. The maximum absolute atomic E-state index is 13.8. The number of aryl methyl sites for hydroxylation is 1. The maximum atomic E-state index is 13.8. The van der Waals surface area contributed by atoms with Crippen molar-refractivity contribution in [2.75, 3.05) is 19.6 Å². The van der Waals surface area contributed by atoms with Crippen LogP contribution >= 0.6 is 0 Å². The van der Waals surface area contributed by atoms with E-state index in [1.807, 2.05) is 32.9 Å². The molecule has 1 heterocycles. The van der Waals surface area contributed by atoms with Crippen LogP contribution in [0.15, 0.2) is 48.5 Å². The number of nitrogens with two attached hydrogens (primary N) is 3. The second-order valence-electron chi connectivity index (χ2n) is 20.6. The Balaban J connectivity index is 1.11. The summed E-state index contributed by atoms with van der Waals surface area (Å²) in [5.41, 5.74) is 21.2. The zero-order valence-electron chi connectivity index (χ0n) is 42.0. The lowest BCUT2D eigenvalue weighted by Crippen LogP contribution is -2.65. The molecule has 18 heteroatoms. The highest BCUT2D eigenvalue weighted by Gasteiger charge is 2.68. The van der Waals surface area contributed by atoms with Crippen molar-refractivity contribution in [3.05, 3.63) is 59.7 Å². The first-order chi connectivity index (χ1) is 32.8. The second-order valence-corrected chi connectivity index (χ2v) is 20.6. The van der Waals surface area contributed by atoms with Gasteiger partial charge in [-0.15, -0.1) is 0 Å². The van der Waals surface area contributed by atoms with Crippen LogP contribution in [0.25, 0.3) is 11.1 Å². The number of hydrogen-bond acceptors (Lipinski definition) is 11. The fourth-order valence-corrected chi connectivity index (χ4v) is 10.1. The van der Waals surface area contributed by atoms with E-state index < -0.39 is 72.5 Å². The molecule has 6 amide bonds. The predicted octanol–water partition coefficient (Wildman–Crippen LogP) is 3.36. The van der Waals surface area contributed by atoms with Crippen molar-refractivity contribution in [1.82, 2.24) is 31.9 Å². The zero-order chi connectivity index (χ0) is 50.5. The van der Waals surface area contributed by atoms with Gasteiger partial charge in [0.15, 0.2) is 6.17 Å². The molecule has 2 bridgehead atoms. The third-order valence-electron chi connectivity index (χ3n) is 14.5. The minimum Gasteiger partial charge on any atom is -0.404 e. The Morgan fingerprint density at radius 3 is 1.94 bits per heavy atom. The van der Waals surface area contributed by atoms with Crippen LogP contribution in [0.5, 0.6) is 0 Å². The molecule has 2 aromatic carbocycles. The summed E-state index contributed by atoms with van der Waals surface area (Å²) in [7, 11) is -0.655. The quantitative estimate of drug-likeness (QED) is 0.0356. The summed E-state index contributed by atoms with van der Waals surface area (Å²) in [6, 6.07) is 12.5. The van der Waals surface area contributed by atoms with Gasteiger partial charge in [-0.2, -0.15) is 0 Å². The summed E-state index contributed by atoms with van der Waals surface area (Å²) >= 11 is 0. The summed E-state index contributed by atoms with van der Waals surface area (Å²) in [6.07, 6.45) is 5.69. The van der Waals surface area contributed by atoms with E-state index in [4.69, 9.17) is 26.5 Å². The van der Waals surface area contributed by atoms with Crippen LogP contribution in [0, 0.1) is 23.2 Å². The Hall–Kier alpha value is -4.88. The van der Waals surface area contributed by atoms with Crippen LogP contribution < -0.4 is 49.1 Å². The van der Waals surface area contributed by atoms with E-state index in [0.717, 1.165) is 43.2 Å². The number of hydrogen-bond donors (Lipinski definition) is 9. The SMILES string of the molecule is CCCCc1ccc(-c2ccc(C(=O)NCCC(=O)N[C@@H](CCCCN)C(=O)N[C@@H](CCCN)C(=O)N[C@@H](N)C(=O)N[C@@H](CC(C)C)C(=O)N[C@@H](C)B3OC4C[C@@H]5C[C@@H](C5(C)C)[C@]4(C)O3)cc2)cc1. The molecule has 1 unspecified atom stereocenters. The molecule has 0 radical (unpaired) electrons. The molecule has 2 aromatic rings. The number of amides is 6. The van der Waals surface area contributed by atoms with E-state index in [1.54, 1.807) is 12.1 Å². The van der Waals surface area contributed by atoms with E-state index >= 15 is 0 Å². The lowest BCUT2D eigenvalue weighted by atomic mass is 9.43. The highest BCUT2D eigenvalue weighted by Crippen LogP contribution is 2.65. The van der Waals surface area contributed by atoms with Gasteiger partial charge in [-0.25, -0.2) is 0 Å². The molecule has 0 aromatic heterocycles. The number of carbonyl (C=O) groups is 6. The number of carbonyl (C=O) groups excluding carboxylic acids is 6. The topological polar surface area (TPSA) is 271 Å². The average molecular weight is 958 g/mol. The molecule has 4 aliphatic rings. The molecule has 0 spiro atoms. The molecule has 1 aliphatic heterocycles. The van der Waals surface area contributed by atoms with E-state index in [9.17, 15) is 28.8 Å². The molecule has 9 atom stereocenters. The smallest absolute Gasteiger partial charge is 0.404 e. The van der Waals surface area contributed by atoms with Gasteiger partial charge in [0, 0.05) is 18.5 Å². The lowest BCUT2D eigenvalue weighted by Gasteiger charge is -2.64. The first-order valence-corrected chi connectivity index (χ1v) is 25.3. The van der Waals surface area contributed by atoms with Crippen LogP contribution in [-0.4, -0.2) is 104 Å². The molecule has 380 valence electrons. The molecule has 3 aliphatic carbocycles. The Kier molecular flexibility index (Phi) is 20.2.